The van der Waals surface area contributed by atoms with Gasteiger partial charge in [-0.2, -0.15) is 14.0 Å². The summed E-state index contributed by atoms with van der Waals surface area (Å²) in [6.45, 7) is 0. The second-order valence-corrected chi connectivity index (χ2v) is 3.84. The van der Waals surface area contributed by atoms with Gasteiger partial charge in [-0.15, -0.1) is 0 Å². The minimum Gasteiger partial charge on any atom is -0.212 e. The average molecular weight is 240 g/mol. The van der Waals surface area contributed by atoms with Crippen molar-refractivity contribution in [2.24, 2.45) is 0 Å². The summed E-state index contributed by atoms with van der Waals surface area (Å²) in [4.78, 5) is 25.9. The molecule has 5 heteroatoms. The normalized spacial score (nSPS) is 10.7. The van der Waals surface area contributed by atoms with Crippen molar-refractivity contribution in [3.05, 3.63) is 75.7 Å². The van der Waals surface area contributed by atoms with Crippen molar-refractivity contribution in [1.29, 1.82) is 0 Å². The third-order valence-electron chi connectivity index (χ3n) is 2.72. The minimum absolute atomic E-state index is 0.442. The Hall–Kier alpha value is -2.69. The molecule has 1 N–H and O–H groups in total. The van der Waals surface area contributed by atoms with Crippen LogP contribution in [-0.2, 0) is 0 Å². The molecule has 0 aliphatic rings. The van der Waals surface area contributed by atoms with E-state index in [1.807, 2.05) is 30.3 Å². The van der Waals surface area contributed by atoms with Gasteiger partial charge < -0.3 is 0 Å². The summed E-state index contributed by atoms with van der Waals surface area (Å²) in [5.41, 5.74) is 0.347. The van der Waals surface area contributed by atoms with E-state index in [-0.39, 0.29) is 0 Å². The van der Waals surface area contributed by atoms with Crippen molar-refractivity contribution in [2.45, 2.75) is 0 Å². The van der Waals surface area contributed by atoms with Gasteiger partial charge in [-0.25, -0.2) is 9.59 Å². The first-order valence-electron chi connectivity index (χ1n) is 5.48. The molecule has 88 valence electrons. The number of rotatable bonds is 1. The van der Waals surface area contributed by atoms with Crippen LogP contribution >= 0.6 is 0 Å². The van der Waals surface area contributed by atoms with E-state index in [0.717, 1.165) is 0 Å². The second kappa shape index (κ2) is 3.96. The number of hydrogen-bond acceptors (Lipinski definition) is 2. The maximum Gasteiger partial charge on any atom is 0.451 e. The molecular weight excluding hydrogens is 230 g/mol. The summed E-state index contributed by atoms with van der Waals surface area (Å²) in [7, 11) is 0. The zero-order chi connectivity index (χ0) is 12.5. The summed E-state index contributed by atoms with van der Waals surface area (Å²) < 4.78 is 2.86. The van der Waals surface area contributed by atoms with Crippen LogP contribution in [0.1, 0.15) is 0 Å². The van der Waals surface area contributed by atoms with Crippen molar-refractivity contribution >= 4 is 5.65 Å². The van der Waals surface area contributed by atoms with Gasteiger partial charge in [0.05, 0.1) is 6.20 Å². The molecule has 18 heavy (non-hydrogen) atoms. The largest absolute Gasteiger partial charge is 0.451 e. The number of hydrogen-bond donors (Lipinski definition) is 1. The molecule has 2 heterocycles. The Bertz CT molecular complexity index is 819. The Morgan fingerprint density at radius 2 is 1.67 bits per heavy atom. The molecule has 0 bridgehead atoms. The zero-order valence-electron chi connectivity index (χ0n) is 9.41. The fourth-order valence-corrected chi connectivity index (χ4v) is 1.93. The Morgan fingerprint density at radius 1 is 0.944 bits per heavy atom. The van der Waals surface area contributed by atoms with Crippen LogP contribution in [0.25, 0.3) is 11.3 Å². The summed E-state index contributed by atoms with van der Waals surface area (Å²) in [5, 5.41) is 0. The predicted octanol–water partition coefficient (Wildman–Crippen LogP) is 0.264. The molecule has 0 atom stereocenters. The number of H-pyrrole nitrogens is 1. The molecule has 0 saturated heterocycles. The van der Waals surface area contributed by atoms with Crippen LogP contribution < -0.4 is 15.8 Å². The number of pyridine rings is 1. The fraction of sp³-hybridized carbons (Fsp3) is 0. The Morgan fingerprint density at radius 3 is 2.44 bits per heavy atom. The van der Waals surface area contributed by atoms with Crippen molar-refractivity contribution in [3.8, 4) is 5.69 Å². The lowest BCUT2D eigenvalue weighted by molar-refractivity contribution is -0.537. The first-order valence-corrected chi connectivity index (χ1v) is 5.48. The Kier molecular flexibility index (Phi) is 2.30. The van der Waals surface area contributed by atoms with Crippen molar-refractivity contribution in [1.82, 2.24) is 9.55 Å². The van der Waals surface area contributed by atoms with Gasteiger partial charge in [-0.3, -0.25) is 0 Å². The molecule has 0 aliphatic heterocycles. The van der Waals surface area contributed by atoms with E-state index < -0.39 is 11.4 Å². The molecule has 0 fully saturated rings. The molecule has 5 nitrogen and oxygen atoms in total. The maximum atomic E-state index is 11.9. The van der Waals surface area contributed by atoms with Crippen LogP contribution in [-0.4, -0.2) is 9.55 Å². The molecule has 3 aromatic rings. The summed E-state index contributed by atoms with van der Waals surface area (Å²) in [6.07, 6.45) is 1.62. The second-order valence-electron chi connectivity index (χ2n) is 3.84. The van der Waals surface area contributed by atoms with E-state index in [0.29, 0.717) is 11.3 Å². The minimum atomic E-state index is -0.447. The highest BCUT2D eigenvalue weighted by Gasteiger charge is 2.14. The fourth-order valence-electron chi connectivity index (χ4n) is 1.93. The van der Waals surface area contributed by atoms with Crippen LogP contribution in [0.15, 0.2) is 64.3 Å². The molecule has 2 aromatic heterocycles. The maximum absolute atomic E-state index is 11.9. The zero-order valence-corrected chi connectivity index (χ0v) is 9.41. The SMILES string of the molecule is O=c1[nH]c(=O)[n+]2ccccc2n1-c1ccccc1. The van der Waals surface area contributed by atoms with Gasteiger partial charge in [0.25, 0.3) is 0 Å². The van der Waals surface area contributed by atoms with Gasteiger partial charge in [0.15, 0.2) is 0 Å². The predicted molar refractivity (Wildman–Crippen MR) is 65.8 cm³/mol. The van der Waals surface area contributed by atoms with E-state index in [1.54, 1.807) is 24.4 Å². The summed E-state index contributed by atoms with van der Waals surface area (Å²) >= 11 is 0. The monoisotopic (exact) mass is 240 g/mol. The van der Waals surface area contributed by atoms with Crippen LogP contribution in [0.2, 0.25) is 0 Å². The topological polar surface area (TPSA) is 59.0 Å². The molecule has 3 rings (SSSR count). The van der Waals surface area contributed by atoms with Crippen molar-refractivity contribution in [2.75, 3.05) is 0 Å². The lowest BCUT2D eigenvalue weighted by Gasteiger charge is -2.02. The highest BCUT2D eigenvalue weighted by molar-refractivity contribution is 5.42. The first-order chi connectivity index (χ1) is 8.77. The van der Waals surface area contributed by atoms with E-state index in [4.69, 9.17) is 0 Å². The third-order valence-corrected chi connectivity index (χ3v) is 2.72. The summed E-state index contributed by atoms with van der Waals surface area (Å²) in [6, 6.07) is 14.4. The number of nitrogens with one attached hydrogen (secondary N) is 1. The van der Waals surface area contributed by atoms with Gasteiger partial charge in [0, 0.05) is 6.07 Å². The lowest BCUT2D eigenvalue weighted by Crippen LogP contribution is -2.49. The van der Waals surface area contributed by atoms with Crippen LogP contribution in [0.4, 0.5) is 0 Å². The van der Waals surface area contributed by atoms with Gasteiger partial charge in [0.1, 0.15) is 5.69 Å². The van der Waals surface area contributed by atoms with E-state index in [9.17, 15) is 9.59 Å². The van der Waals surface area contributed by atoms with Crippen LogP contribution in [0, 0.1) is 0 Å². The number of aromatic nitrogens is 3. The molecule has 1 aromatic carbocycles. The van der Waals surface area contributed by atoms with E-state index in [2.05, 4.69) is 4.98 Å². The number of aromatic amines is 1. The van der Waals surface area contributed by atoms with Crippen LogP contribution in [0.3, 0.4) is 0 Å². The molecular formula is C13H10N3O2+. The smallest absolute Gasteiger partial charge is 0.212 e. The quantitative estimate of drug-likeness (QED) is 0.620. The molecule has 0 amide bonds. The Labute approximate surface area is 102 Å². The highest BCUT2D eigenvalue weighted by Crippen LogP contribution is 2.05. The van der Waals surface area contributed by atoms with E-state index >= 15 is 0 Å². The molecule has 0 unspecified atom stereocenters. The molecule has 0 radical (unpaired) electrons. The first kappa shape index (κ1) is 10.5. The standard InChI is InChI=1S/C13H9N3O2/c17-12-14-13(18)16(10-6-2-1-3-7-10)11-8-4-5-9-15(11)12/h1-9H/p+1. The average Bonchev–Trinajstić information content (AvgIpc) is 2.40. The molecule has 0 aliphatic carbocycles. The third kappa shape index (κ3) is 1.53. The Balaban J connectivity index is 2.50. The summed E-state index contributed by atoms with van der Waals surface area (Å²) in [5.74, 6) is 0. The lowest BCUT2D eigenvalue weighted by atomic mass is 10.3. The molecule has 0 saturated carbocycles. The number of para-hydroxylation sites is 1. The number of fused-ring (bicyclic) bond motifs is 1. The van der Waals surface area contributed by atoms with Crippen molar-refractivity contribution < 1.29 is 4.40 Å². The highest BCUT2D eigenvalue weighted by atomic mass is 16.2. The van der Waals surface area contributed by atoms with Gasteiger partial charge in [-0.05, 0) is 18.2 Å². The van der Waals surface area contributed by atoms with Gasteiger partial charge in [-0.1, -0.05) is 24.3 Å². The van der Waals surface area contributed by atoms with Gasteiger partial charge >= 0.3 is 11.4 Å². The van der Waals surface area contributed by atoms with E-state index in [1.165, 1.54) is 8.97 Å². The number of nitrogens with zero attached hydrogens (tertiary/aromatic N) is 2. The van der Waals surface area contributed by atoms with Crippen LogP contribution in [0.5, 0.6) is 0 Å². The number of benzene rings is 1. The van der Waals surface area contributed by atoms with Gasteiger partial charge in [0.2, 0.25) is 5.65 Å². The molecule has 0 spiro atoms. The van der Waals surface area contributed by atoms with Crippen molar-refractivity contribution in [3.63, 3.8) is 0 Å².